The highest BCUT2D eigenvalue weighted by molar-refractivity contribution is 9.10. The Morgan fingerprint density at radius 3 is 3.00 bits per heavy atom. The van der Waals surface area contributed by atoms with Crippen LogP contribution >= 0.6 is 15.9 Å². The molecule has 0 aliphatic carbocycles. The van der Waals surface area contributed by atoms with Gasteiger partial charge in [-0.1, -0.05) is 12.1 Å². The summed E-state index contributed by atoms with van der Waals surface area (Å²) in [6, 6.07) is 6.47. The summed E-state index contributed by atoms with van der Waals surface area (Å²) in [5.74, 6) is -0.246. The van der Waals surface area contributed by atoms with E-state index in [2.05, 4.69) is 30.9 Å². The molecule has 0 aliphatic heterocycles. The Hall–Kier alpha value is -1.82. The van der Waals surface area contributed by atoms with E-state index in [9.17, 15) is 4.39 Å². The van der Waals surface area contributed by atoms with Gasteiger partial charge in [0.15, 0.2) is 11.3 Å². The van der Waals surface area contributed by atoms with Crippen LogP contribution in [0.5, 0.6) is 0 Å². The Bertz CT molecular complexity index is 710. The zero-order valence-electron chi connectivity index (χ0n) is 9.22. The monoisotopic (exact) mass is 306 g/mol. The Balaban J connectivity index is 2.02. The van der Waals surface area contributed by atoms with Crippen LogP contribution in [0, 0.1) is 5.82 Å². The molecule has 4 nitrogen and oxygen atoms in total. The zero-order valence-corrected chi connectivity index (χ0v) is 10.8. The van der Waals surface area contributed by atoms with Crippen LogP contribution in [0.2, 0.25) is 0 Å². The first-order chi connectivity index (χ1) is 8.72. The summed E-state index contributed by atoms with van der Waals surface area (Å²) in [6.45, 7) is 0.513. The van der Waals surface area contributed by atoms with Crippen LogP contribution in [0.1, 0.15) is 5.56 Å². The van der Waals surface area contributed by atoms with E-state index in [1.807, 2.05) is 10.6 Å². The summed E-state index contributed by atoms with van der Waals surface area (Å²) in [6.07, 6.45) is 3.25. The van der Waals surface area contributed by atoms with E-state index in [1.165, 1.54) is 12.1 Å². The third-order valence-corrected chi connectivity index (χ3v) is 2.92. The van der Waals surface area contributed by atoms with Crippen molar-refractivity contribution in [2.75, 3.05) is 0 Å². The average molecular weight is 307 g/mol. The molecule has 0 saturated heterocycles. The summed E-state index contributed by atoms with van der Waals surface area (Å²) in [5.41, 5.74) is 2.11. The summed E-state index contributed by atoms with van der Waals surface area (Å²) in [7, 11) is 0. The fourth-order valence-corrected chi connectivity index (χ4v) is 2.03. The van der Waals surface area contributed by atoms with Gasteiger partial charge in [-0.15, -0.1) is 0 Å². The van der Waals surface area contributed by atoms with Crippen LogP contribution in [0.25, 0.3) is 11.3 Å². The quantitative estimate of drug-likeness (QED) is 0.731. The SMILES string of the molecule is Fc1cccc(Cn2cnc3ncc(Br)nc32)c1. The molecule has 0 saturated carbocycles. The topological polar surface area (TPSA) is 43.6 Å². The second kappa shape index (κ2) is 4.45. The normalized spacial score (nSPS) is 11.0. The average Bonchev–Trinajstić information content (AvgIpc) is 2.72. The lowest BCUT2D eigenvalue weighted by Crippen LogP contribution is -2.00. The van der Waals surface area contributed by atoms with E-state index in [0.29, 0.717) is 22.4 Å². The molecule has 90 valence electrons. The third-order valence-electron chi connectivity index (χ3n) is 2.54. The van der Waals surface area contributed by atoms with E-state index in [1.54, 1.807) is 18.6 Å². The maximum atomic E-state index is 13.1. The fraction of sp³-hybridized carbons (Fsp3) is 0.0833. The van der Waals surface area contributed by atoms with E-state index in [-0.39, 0.29) is 5.82 Å². The second-order valence-corrected chi connectivity index (χ2v) is 4.65. The molecule has 0 N–H and O–H groups in total. The minimum absolute atomic E-state index is 0.246. The van der Waals surface area contributed by atoms with Crippen molar-refractivity contribution in [3.05, 3.63) is 52.8 Å². The third kappa shape index (κ3) is 2.11. The number of halogens is 2. The second-order valence-electron chi connectivity index (χ2n) is 3.84. The highest BCUT2D eigenvalue weighted by Crippen LogP contribution is 2.14. The number of nitrogens with zero attached hydrogens (tertiary/aromatic N) is 4. The van der Waals surface area contributed by atoms with Gasteiger partial charge in [-0.3, -0.25) is 0 Å². The lowest BCUT2D eigenvalue weighted by atomic mass is 10.2. The largest absolute Gasteiger partial charge is 0.309 e. The molecule has 3 aromatic rings. The summed E-state index contributed by atoms with van der Waals surface area (Å²) in [4.78, 5) is 12.6. The summed E-state index contributed by atoms with van der Waals surface area (Å²) < 4.78 is 15.6. The number of hydrogen-bond donors (Lipinski definition) is 0. The lowest BCUT2D eigenvalue weighted by Gasteiger charge is -2.03. The van der Waals surface area contributed by atoms with Crippen molar-refractivity contribution in [1.82, 2.24) is 19.5 Å². The van der Waals surface area contributed by atoms with Gasteiger partial charge in [0.1, 0.15) is 10.4 Å². The van der Waals surface area contributed by atoms with E-state index < -0.39 is 0 Å². The molecule has 0 aliphatic rings. The first-order valence-electron chi connectivity index (χ1n) is 5.30. The lowest BCUT2D eigenvalue weighted by molar-refractivity contribution is 0.624. The van der Waals surface area contributed by atoms with Gasteiger partial charge in [0.2, 0.25) is 0 Å². The van der Waals surface area contributed by atoms with Crippen molar-refractivity contribution in [2.24, 2.45) is 0 Å². The minimum atomic E-state index is -0.246. The van der Waals surface area contributed by atoms with Crippen molar-refractivity contribution in [3.8, 4) is 0 Å². The van der Waals surface area contributed by atoms with Gasteiger partial charge in [-0.05, 0) is 33.6 Å². The maximum Gasteiger partial charge on any atom is 0.197 e. The van der Waals surface area contributed by atoms with Gasteiger partial charge in [-0.25, -0.2) is 19.3 Å². The molecule has 0 amide bonds. The molecule has 2 heterocycles. The predicted molar refractivity (Wildman–Crippen MR) is 68.5 cm³/mol. The van der Waals surface area contributed by atoms with Crippen molar-refractivity contribution in [1.29, 1.82) is 0 Å². The fourth-order valence-electron chi connectivity index (χ4n) is 1.76. The van der Waals surface area contributed by atoms with Gasteiger partial charge >= 0.3 is 0 Å². The molecule has 1 aromatic carbocycles. The van der Waals surface area contributed by atoms with E-state index >= 15 is 0 Å². The number of hydrogen-bond acceptors (Lipinski definition) is 3. The first kappa shape index (κ1) is 11.3. The Kier molecular flexibility index (Phi) is 2.79. The van der Waals surface area contributed by atoms with Crippen molar-refractivity contribution in [3.63, 3.8) is 0 Å². The van der Waals surface area contributed by atoms with Crippen LogP contribution in [0.15, 0.2) is 41.4 Å². The first-order valence-corrected chi connectivity index (χ1v) is 6.09. The molecule has 3 rings (SSSR count). The van der Waals surface area contributed by atoms with Crippen LogP contribution in [-0.4, -0.2) is 19.5 Å². The molecule has 0 fully saturated rings. The highest BCUT2D eigenvalue weighted by atomic mass is 79.9. The van der Waals surface area contributed by atoms with Crippen LogP contribution in [-0.2, 0) is 6.54 Å². The number of rotatable bonds is 2. The standard InChI is InChI=1S/C12H8BrFN4/c13-10-5-15-11-12(17-10)18(7-16-11)6-8-2-1-3-9(14)4-8/h1-5,7H,6H2. The Labute approximate surface area is 111 Å². The molecule has 0 unspecified atom stereocenters. The van der Waals surface area contributed by atoms with Gasteiger partial charge in [0, 0.05) is 0 Å². The molecular formula is C12H8BrFN4. The summed E-state index contributed by atoms with van der Waals surface area (Å²) >= 11 is 3.27. The van der Waals surface area contributed by atoms with E-state index in [4.69, 9.17) is 0 Å². The molecule has 0 atom stereocenters. The Morgan fingerprint density at radius 2 is 2.17 bits per heavy atom. The zero-order chi connectivity index (χ0) is 12.5. The summed E-state index contributed by atoms with van der Waals surface area (Å²) in [5, 5.41) is 0. The van der Waals surface area contributed by atoms with Crippen LogP contribution < -0.4 is 0 Å². The van der Waals surface area contributed by atoms with Crippen molar-refractivity contribution in [2.45, 2.75) is 6.54 Å². The number of fused-ring (bicyclic) bond motifs is 1. The van der Waals surface area contributed by atoms with E-state index in [0.717, 1.165) is 5.56 Å². The predicted octanol–water partition coefficient (Wildman–Crippen LogP) is 2.78. The number of benzene rings is 1. The smallest absolute Gasteiger partial charge is 0.197 e. The molecule has 2 aromatic heterocycles. The molecule has 0 spiro atoms. The van der Waals surface area contributed by atoms with Crippen LogP contribution in [0.3, 0.4) is 0 Å². The minimum Gasteiger partial charge on any atom is -0.309 e. The maximum absolute atomic E-state index is 13.1. The van der Waals surface area contributed by atoms with Gasteiger partial charge < -0.3 is 4.57 Å². The molecule has 0 radical (unpaired) electrons. The van der Waals surface area contributed by atoms with Crippen molar-refractivity contribution >= 4 is 27.2 Å². The molecule has 18 heavy (non-hydrogen) atoms. The molecule has 0 bridgehead atoms. The number of aromatic nitrogens is 4. The van der Waals surface area contributed by atoms with Gasteiger partial charge in [0.05, 0.1) is 19.1 Å². The van der Waals surface area contributed by atoms with Gasteiger partial charge in [-0.2, -0.15) is 0 Å². The molecule has 6 heteroatoms. The molecular weight excluding hydrogens is 299 g/mol. The van der Waals surface area contributed by atoms with Gasteiger partial charge in [0.25, 0.3) is 0 Å². The highest BCUT2D eigenvalue weighted by Gasteiger charge is 2.06. The van der Waals surface area contributed by atoms with Crippen molar-refractivity contribution < 1.29 is 4.39 Å². The van der Waals surface area contributed by atoms with Crippen LogP contribution in [0.4, 0.5) is 4.39 Å². The Morgan fingerprint density at radius 1 is 1.28 bits per heavy atom. The number of imidazole rings is 1.